The van der Waals surface area contributed by atoms with Crippen LogP contribution < -0.4 is 5.32 Å². The van der Waals surface area contributed by atoms with Gasteiger partial charge in [0.1, 0.15) is 0 Å². The molecule has 5 heteroatoms. The first-order valence-electron chi connectivity index (χ1n) is 19.5. The number of benzene rings is 6. The van der Waals surface area contributed by atoms with Gasteiger partial charge in [0.25, 0.3) is 0 Å². The Morgan fingerprint density at radius 1 is 0.509 bits per heavy atom. The summed E-state index contributed by atoms with van der Waals surface area (Å²) in [5.41, 5.74) is 17.7. The maximum atomic E-state index is 4.73. The molecule has 1 aliphatic carbocycles. The topological polar surface area (TPSA) is 47.7 Å². The number of aromatic nitrogens is 4. The molecule has 1 aliphatic heterocycles. The highest BCUT2D eigenvalue weighted by atomic mass is 15.0. The molecule has 2 aliphatic rings. The lowest BCUT2D eigenvalue weighted by molar-refractivity contribution is 0.767. The van der Waals surface area contributed by atoms with Gasteiger partial charge in [-0.25, -0.2) is 0 Å². The molecule has 0 radical (unpaired) electrons. The highest BCUT2D eigenvalue weighted by molar-refractivity contribution is 6.18. The molecule has 0 amide bonds. The molecule has 0 saturated heterocycles. The number of fused-ring (bicyclic) bond motifs is 10. The van der Waals surface area contributed by atoms with E-state index < -0.39 is 5.41 Å². The standard InChI is InChI=1S/C52H35N5/c1-3-9-36(10-4-1)52(37-11-5-2-6-12-37)44-25-28-53-33-43(44)50-45(52)23-24-49-51(50)40-13-7-8-14-46(40)57(49)39-21-17-35(18-22-39)34-15-19-38(20-16-34)56-47-26-29-54-31-41(47)42-32-55-30-27-48(42)56/h1-31,33,55H,32H2. The predicted octanol–water partition coefficient (Wildman–Crippen LogP) is 11.6. The summed E-state index contributed by atoms with van der Waals surface area (Å²) in [6.45, 7) is 0.798. The van der Waals surface area contributed by atoms with Crippen molar-refractivity contribution in [2.75, 3.05) is 0 Å². The molecule has 0 atom stereocenters. The Bertz CT molecular complexity index is 3170. The largest absolute Gasteiger partial charge is 0.387 e. The SMILES string of the molecule is C1=Cc2c(c3cnccc3n2-c2ccc(-c3ccc(-n4c5ccccc5c5c6c(ccc54)C(c4ccccc4)(c4ccccc4)c4ccncc4-6)cc3)cc2)CN1. The van der Waals surface area contributed by atoms with Crippen molar-refractivity contribution in [3.8, 4) is 33.6 Å². The molecule has 0 bridgehead atoms. The molecule has 57 heavy (non-hydrogen) atoms. The summed E-state index contributed by atoms with van der Waals surface area (Å²) in [5.74, 6) is 0. The smallest absolute Gasteiger partial charge is 0.0714 e. The zero-order valence-corrected chi connectivity index (χ0v) is 31.0. The van der Waals surface area contributed by atoms with E-state index in [-0.39, 0.29) is 0 Å². The summed E-state index contributed by atoms with van der Waals surface area (Å²) in [7, 11) is 0. The predicted molar refractivity (Wildman–Crippen MR) is 232 cm³/mol. The minimum atomic E-state index is -0.483. The Labute approximate surface area is 329 Å². The summed E-state index contributed by atoms with van der Waals surface area (Å²) < 4.78 is 4.77. The van der Waals surface area contributed by atoms with Crippen LogP contribution in [0, 0.1) is 0 Å². The molecule has 0 fully saturated rings. The monoisotopic (exact) mass is 729 g/mol. The van der Waals surface area contributed by atoms with E-state index in [1.54, 1.807) is 0 Å². The molecular weight excluding hydrogens is 695 g/mol. The Morgan fingerprint density at radius 2 is 1.14 bits per heavy atom. The number of pyridine rings is 2. The van der Waals surface area contributed by atoms with Gasteiger partial charge in [-0.1, -0.05) is 109 Å². The van der Waals surface area contributed by atoms with Gasteiger partial charge in [0.2, 0.25) is 0 Å². The lowest BCUT2D eigenvalue weighted by atomic mass is 9.68. The third kappa shape index (κ3) is 4.45. The highest BCUT2D eigenvalue weighted by Crippen LogP contribution is 2.58. The van der Waals surface area contributed by atoms with Crippen LogP contribution >= 0.6 is 0 Å². The van der Waals surface area contributed by atoms with Crippen molar-refractivity contribution in [3.05, 3.63) is 222 Å². The van der Waals surface area contributed by atoms with Crippen LogP contribution in [-0.2, 0) is 12.0 Å². The van der Waals surface area contributed by atoms with Crippen molar-refractivity contribution in [1.82, 2.24) is 24.4 Å². The van der Waals surface area contributed by atoms with E-state index in [2.05, 4.69) is 189 Å². The Morgan fingerprint density at radius 3 is 1.88 bits per heavy atom. The molecule has 268 valence electrons. The van der Waals surface area contributed by atoms with E-state index >= 15 is 0 Å². The van der Waals surface area contributed by atoms with Crippen molar-refractivity contribution in [3.63, 3.8) is 0 Å². The quantitative estimate of drug-likeness (QED) is 0.192. The van der Waals surface area contributed by atoms with Crippen molar-refractivity contribution in [2.24, 2.45) is 0 Å². The summed E-state index contributed by atoms with van der Waals surface area (Å²) in [5, 5.41) is 7.04. The second-order valence-electron chi connectivity index (χ2n) is 15.0. The molecule has 5 heterocycles. The molecule has 5 nitrogen and oxygen atoms in total. The van der Waals surface area contributed by atoms with Crippen LogP contribution in [0.1, 0.15) is 33.5 Å². The van der Waals surface area contributed by atoms with Gasteiger partial charge in [0.15, 0.2) is 0 Å². The van der Waals surface area contributed by atoms with Crippen LogP contribution in [-0.4, -0.2) is 19.1 Å². The molecule has 10 aromatic rings. The van der Waals surface area contributed by atoms with E-state index in [4.69, 9.17) is 4.98 Å². The van der Waals surface area contributed by atoms with Gasteiger partial charge < -0.3 is 14.5 Å². The molecule has 0 spiro atoms. The Hall–Kier alpha value is -7.50. The maximum absolute atomic E-state index is 4.73. The van der Waals surface area contributed by atoms with E-state index in [0.29, 0.717) is 0 Å². The molecule has 0 saturated carbocycles. The summed E-state index contributed by atoms with van der Waals surface area (Å²) >= 11 is 0. The third-order valence-electron chi connectivity index (χ3n) is 12.3. The average Bonchev–Trinajstić information content (AvgIpc) is 3.92. The lowest BCUT2D eigenvalue weighted by Gasteiger charge is -2.33. The van der Waals surface area contributed by atoms with Crippen LogP contribution in [0.25, 0.3) is 72.4 Å². The first kappa shape index (κ1) is 31.8. The van der Waals surface area contributed by atoms with E-state index in [1.165, 1.54) is 88.5 Å². The molecule has 4 aromatic heterocycles. The Balaban J connectivity index is 1.000. The van der Waals surface area contributed by atoms with Crippen LogP contribution in [0.4, 0.5) is 0 Å². The summed E-state index contributed by atoms with van der Waals surface area (Å²) in [6, 6.07) is 57.8. The van der Waals surface area contributed by atoms with Gasteiger partial charge in [-0.15, -0.1) is 0 Å². The zero-order valence-electron chi connectivity index (χ0n) is 31.0. The van der Waals surface area contributed by atoms with E-state index in [1.807, 2.05) is 24.8 Å². The molecule has 12 rings (SSSR count). The molecule has 0 unspecified atom stereocenters. The minimum Gasteiger partial charge on any atom is -0.387 e. The average molecular weight is 730 g/mol. The van der Waals surface area contributed by atoms with Crippen LogP contribution in [0.5, 0.6) is 0 Å². The second kappa shape index (κ2) is 12.3. The number of rotatable bonds is 5. The summed E-state index contributed by atoms with van der Waals surface area (Å²) in [6.07, 6.45) is 12.1. The number of nitrogens with zero attached hydrogens (tertiary/aromatic N) is 4. The van der Waals surface area contributed by atoms with Crippen molar-refractivity contribution in [2.45, 2.75) is 12.0 Å². The van der Waals surface area contributed by atoms with Crippen molar-refractivity contribution >= 4 is 38.8 Å². The third-order valence-corrected chi connectivity index (χ3v) is 12.3. The minimum absolute atomic E-state index is 0.483. The normalized spacial score (nSPS) is 13.8. The fourth-order valence-corrected chi connectivity index (χ4v) is 9.92. The molecule has 1 N–H and O–H groups in total. The maximum Gasteiger partial charge on any atom is 0.0714 e. The number of para-hydroxylation sites is 1. The van der Waals surface area contributed by atoms with Crippen molar-refractivity contribution < 1.29 is 0 Å². The fourth-order valence-electron chi connectivity index (χ4n) is 9.92. The Kier molecular flexibility index (Phi) is 6.84. The van der Waals surface area contributed by atoms with Crippen molar-refractivity contribution in [1.29, 1.82) is 0 Å². The van der Waals surface area contributed by atoms with E-state index in [0.717, 1.165) is 17.9 Å². The number of hydrogen-bond acceptors (Lipinski definition) is 3. The fraction of sp³-hybridized carbons (Fsp3) is 0.0385. The molecular formula is C52H35N5. The first-order chi connectivity index (χ1) is 28.3. The number of hydrogen-bond donors (Lipinski definition) is 1. The van der Waals surface area contributed by atoms with Gasteiger partial charge in [0.05, 0.1) is 27.7 Å². The second-order valence-corrected chi connectivity index (χ2v) is 15.0. The van der Waals surface area contributed by atoms with Gasteiger partial charge in [0, 0.05) is 70.0 Å². The first-order valence-corrected chi connectivity index (χ1v) is 19.5. The summed E-state index contributed by atoms with van der Waals surface area (Å²) in [4.78, 5) is 9.16. The molecule has 6 aromatic carbocycles. The number of nitrogens with one attached hydrogen (secondary N) is 1. The van der Waals surface area contributed by atoms with Gasteiger partial charge in [-0.05, 0) is 99.8 Å². The van der Waals surface area contributed by atoms with Gasteiger partial charge in [-0.3, -0.25) is 9.97 Å². The lowest BCUT2D eigenvalue weighted by Crippen LogP contribution is -2.28. The van der Waals surface area contributed by atoms with Gasteiger partial charge in [-0.2, -0.15) is 0 Å². The van der Waals surface area contributed by atoms with Crippen LogP contribution in [0.2, 0.25) is 0 Å². The van der Waals surface area contributed by atoms with Crippen LogP contribution in [0.15, 0.2) is 189 Å². The van der Waals surface area contributed by atoms with E-state index in [9.17, 15) is 0 Å². The van der Waals surface area contributed by atoms with Gasteiger partial charge >= 0.3 is 0 Å². The highest BCUT2D eigenvalue weighted by Gasteiger charge is 2.47. The van der Waals surface area contributed by atoms with Crippen LogP contribution in [0.3, 0.4) is 0 Å². The zero-order chi connectivity index (χ0) is 37.5.